The third-order valence-electron chi connectivity index (χ3n) is 2.69. The molecule has 0 N–H and O–H groups in total. The standard InChI is InChI=1S/C15H14F2OS/c1-15(2,3)13-5-4-12(19-13)14(18)9-6-10(16)8-11(17)7-9/h4-8H,1-3H3. The molecule has 0 unspecified atom stereocenters. The van der Waals surface area contributed by atoms with Crippen LogP contribution in [-0.4, -0.2) is 5.78 Å². The van der Waals surface area contributed by atoms with Gasteiger partial charge in [0.2, 0.25) is 5.78 Å². The molecule has 100 valence electrons. The van der Waals surface area contributed by atoms with Gasteiger partial charge in [-0.1, -0.05) is 20.8 Å². The maximum Gasteiger partial charge on any atom is 0.203 e. The zero-order valence-corrected chi connectivity index (χ0v) is 11.8. The van der Waals surface area contributed by atoms with E-state index in [9.17, 15) is 13.6 Å². The Kier molecular flexibility index (Phi) is 3.54. The molecule has 0 radical (unpaired) electrons. The van der Waals surface area contributed by atoms with Crippen molar-refractivity contribution in [2.24, 2.45) is 0 Å². The number of carbonyl (C=O) groups is 1. The van der Waals surface area contributed by atoms with Crippen LogP contribution in [0.25, 0.3) is 0 Å². The molecule has 0 aliphatic rings. The predicted octanol–water partition coefficient (Wildman–Crippen LogP) is 4.55. The Hall–Kier alpha value is -1.55. The minimum Gasteiger partial charge on any atom is -0.288 e. The van der Waals surface area contributed by atoms with Gasteiger partial charge in [-0.25, -0.2) is 8.78 Å². The maximum absolute atomic E-state index is 13.1. The highest BCUT2D eigenvalue weighted by molar-refractivity contribution is 7.14. The largest absolute Gasteiger partial charge is 0.288 e. The van der Waals surface area contributed by atoms with E-state index in [0.29, 0.717) is 4.88 Å². The summed E-state index contributed by atoms with van der Waals surface area (Å²) in [6.45, 7) is 6.15. The number of hydrogen-bond donors (Lipinski definition) is 0. The minimum atomic E-state index is -0.740. The lowest BCUT2D eigenvalue weighted by Gasteiger charge is -2.15. The molecular weight excluding hydrogens is 266 g/mol. The topological polar surface area (TPSA) is 17.1 Å². The first-order valence-corrected chi connectivity index (χ1v) is 6.70. The number of carbonyl (C=O) groups excluding carboxylic acids is 1. The number of halogens is 2. The molecule has 1 aromatic heterocycles. The van der Waals surface area contributed by atoms with Crippen molar-refractivity contribution >= 4 is 17.1 Å². The highest BCUT2D eigenvalue weighted by atomic mass is 32.1. The Morgan fingerprint density at radius 3 is 2.11 bits per heavy atom. The number of hydrogen-bond acceptors (Lipinski definition) is 2. The van der Waals surface area contributed by atoms with Crippen LogP contribution in [0.3, 0.4) is 0 Å². The van der Waals surface area contributed by atoms with E-state index in [-0.39, 0.29) is 16.8 Å². The van der Waals surface area contributed by atoms with Gasteiger partial charge in [-0.2, -0.15) is 0 Å². The molecular formula is C15H14F2OS. The Labute approximate surface area is 114 Å². The third-order valence-corrected chi connectivity index (χ3v) is 4.20. The summed E-state index contributed by atoms with van der Waals surface area (Å²) in [6.07, 6.45) is 0. The summed E-state index contributed by atoms with van der Waals surface area (Å²) in [5.74, 6) is -1.83. The van der Waals surface area contributed by atoms with E-state index in [1.807, 2.05) is 6.07 Å². The highest BCUT2D eigenvalue weighted by Gasteiger charge is 2.19. The molecule has 0 spiro atoms. The van der Waals surface area contributed by atoms with Crippen molar-refractivity contribution in [1.29, 1.82) is 0 Å². The molecule has 4 heteroatoms. The molecule has 1 nitrogen and oxygen atoms in total. The van der Waals surface area contributed by atoms with Crippen LogP contribution >= 0.6 is 11.3 Å². The minimum absolute atomic E-state index is 0.0415. The molecule has 0 aliphatic heterocycles. The second-order valence-corrected chi connectivity index (χ2v) is 6.48. The first-order chi connectivity index (χ1) is 8.77. The van der Waals surface area contributed by atoms with Crippen molar-refractivity contribution in [1.82, 2.24) is 0 Å². The zero-order valence-electron chi connectivity index (χ0n) is 11.0. The Balaban J connectivity index is 2.36. The van der Waals surface area contributed by atoms with Crippen LogP contribution in [-0.2, 0) is 5.41 Å². The van der Waals surface area contributed by atoms with E-state index in [1.54, 1.807) is 6.07 Å². The maximum atomic E-state index is 13.1. The van der Waals surface area contributed by atoms with Crippen LogP contribution in [0.15, 0.2) is 30.3 Å². The molecule has 0 aliphatic carbocycles. The van der Waals surface area contributed by atoms with Gasteiger partial charge in [0.1, 0.15) is 11.6 Å². The number of thiophene rings is 1. The summed E-state index contributed by atoms with van der Waals surface area (Å²) < 4.78 is 26.2. The Morgan fingerprint density at radius 1 is 1.05 bits per heavy atom. The molecule has 0 amide bonds. The smallest absolute Gasteiger partial charge is 0.203 e. The first-order valence-electron chi connectivity index (χ1n) is 5.88. The van der Waals surface area contributed by atoms with Gasteiger partial charge in [0, 0.05) is 16.5 Å². The molecule has 0 bridgehead atoms. The summed E-state index contributed by atoms with van der Waals surface area (Å²) in [7, 11) is 0. The lowest BCUT2D eigenvalue weighted by atomic mass is 9.95. The number of rotatable bonds is 2. The van der Waals surface area contributed by atoms with Crippen LogP contribution in [0.5, 0.6) is 0 Å². The van der Waals surface area contributed by atoms with Gasteiger partial charge in [-0.15, -0.1) is 11.3 Å². The molecule has 0 saturated heterocycles. The van der Waals surface area contributed by atoms with Crippen LogP contribution in [0.4, 0.5) is 8.78 Å². The first kappa shape index (κ1) is 13.9. The Morgan fingerprint density at radius 2 is 1.63 bits per heavy atom. The van der Waals surface area contributed by atoms with Gasteiger partial charge in [-0.3, -0.25) is 4.79 Å². The SMILES string of the molecule is CC(C)(C)c1ccc(C(=O)c2cc(F)cc(F)c2)s1. The highest BCUT2D eigenvalue weighted by Crippen LogP contribution is 2.30. The van der Waals surface area contributed by atoms with Crippen LogP contribution in [0, 0.1) is 11.6 Å². The molecule has 0 saturated carbocycles. The van der Waals surface area contributed by atoms with Gasteiger partial charge >= 0.3 is 0 Å². The van der Waals surface area contributed by atoms with Gasteiger partial charge in [0.25, 0.3) is 0 Å². The van der Waals surface area contributed by atoms with Crippen molar-refractivity contribution in [2.45, 2.75) is 26.2 Å². The molecule has 2 aromatic rings. The molecule has 0 fully saturated rings. The van der Waals surface area contributed by atoms with E-state index < -0.39 is 11.6 Å². The molecule has 0 atom stereocenters. The summed E-state index contributed by atoms with van der Waals surface area (Å²) in [6, 6.07) is 6.46. The van der Waals surface area contributed by atoms with Gasteiger partial charge in [-0.05, 0) is 29.7 Å². The average molecular weight is 280 g/mol. The van der Waals surface area contributed by atoms with E-state index in [2.05, 4.69) is 20.8 Å². The number of benzene rings is 1. The van der Waals surface area contributed by atoms with E-state index in [1.165, 1.54) is 11.3 Å². The molecule has 1 aromatic carbocycles. The summed E-state index contributed by atoms with van der Waals surface area (Å²) in [5, 5.41) is 0. The van der Waals surface area contributed by atoms with Crippen molar-refractivity contribution in [3.05, 3.63) is 57.3 Å². The summed E-state index contributed by atoms with van der Waals surface area (Å²) in [5.41, 5.74) is -0.00376. The quantitative estimate of drug-likeness (QED) is 0.737. The zero-order chi connectivity index (χ0) is 14.2. The fourth-order valence-electron chi connectivity index (χ4n) is 1.69. The fraction of sp³-hybridized carbons (Fsp3) is 0.267. The summed E-state index contributed by atoms with van der Waals surface area (Å²) in [4.78, 5) is 13.7. The molecule has 2 rings (SSSR count). The van der Waals surface area contributed by atoms with E-state index in [4.69, 9.17) is 0 Å². The van der Waals surface area contributed by atoms with E-state index in [0.717, 1.165) is 23.1 Å². The van der Waals surface area contributed by atoms with Gasteiger partial charge in [0.05, 0.1) is 4.88 Å². The van der Waals surface area contributed by atoms with Crippen molar-refractivity contribution < 1.29 is 13.6 Å². The molecule has 19 heavy (non-hydrogen) atoms. The monoisotopic (exact) mass is 280 g/mol. The van der Waals surface area contributed by atoms with Crippen molar-refractivity contribution in [3.8, 4) is 0 Å². The number of ketones is 1. The second-order valence-electron chi connectivity index (χ2n) is 5.40. The van der Waals surface area contributed by atoms with Crippen LogP contribution in [0.1, 0.15) is 40.9 Å². The van der Waals surface area contributed by atoms with Crippen molar-refractivity contribution in [3.63, 3.8) is 0 Å². The predicted molar refractivity (Wildman–Crippen MR) is 72.8 cm³/mol. The van der Waals surface area contributed by atoms with E-state index >= 15 is 0 Å². The Bertz CT molecular complexity index is 603. The van der Waals surface area contributed by atoms with Crippen LogP contribution in [0.2, 0.25) is 0 Å². The lowest BCUT2D eigenvalue weighted by Crippen LogP contribution is -2.08. The van der Waals surface area contributed by atoms with Crippen LogP contribution < -0.4 is 0 Å². The fourth-order valence-corrected chi connectivity index (χ4v) is 2.72. The normalized spacial score (nSPS) is 11.6. The van der Waals surface area contributed by atoms with Gasteiger partial charge in [0.15, 0.2) is 0 Å². The van der Waals surface area contributed by atoms with Gasteiger partial charge < -0.3 is 0 Å². The summed E-state index contributed by atoms with van der Waals surface area (Å²) >= 11 is 1.36. The molecule has 1 heterocycles. The average Bonchev–Trinajstić information content (AvgIpc) is 2.75. The van der Waals surface area contributed by atoms with Crippen molar-refractivity contribution in [2.75, 3.05) is 0 Å². The third kappa shape index (κ3) is 3.07. The second kappa shape index (κ2) is 4.85. The lowest BCUT2D eigenvalue weighted by molar-refractivity contribution is 0.104.